The fourth-order valence-electron chi connectivity index (χ4n) is 2.56. The summed E-state index contributed by atoms with van der Waals surface area (Å²) in [5.41, 5.74) is 3.57. The Morgan fingerprint density at radius 2 is 2.22 bits per heavy atom. The number of benzene rings is 1. The van der Waals surface area contributed by atoms with Crippen LogP contribution in [0.3, 0.4) is 0 Å². The maximum Gasteiger partial charge on any atom is 0.127 e. The van der Waals surface area contributed by atoms with Gasteiger partial charge in [-0.1, -0.05) is 25.0 Å². The van der Waals surface area contributed by atoms with Crippen LogP contribution in [-0.2, 0) is 6.54 Å². The van der Waals surface area contributed by atoms with Crippen molar-refractivity contribution in [1.29, 1.82) is 0 Å². The van der Waals surface area contributed by atoms with Gasteiger partial charge in [-0.15, -0.1) is 11.6 Å². The van der Waals surface area contributed by atoms with Crippen LogP contribution < -0.4 is 0 Å². The number of rotatable bonds is 4. The maximum atomic E-state index is 6.28. The molecule has 1 fully saturated rings. The Bertz CT molecular complexity index is 567. The van der Waals surface area contributed by atoms with Crippen LogP contribution in [0.2, 0.25) is 0 Å². The smallest absolute Gasteiger partial charge is 0.127 e. The Hall–Kier alpha value is -1.02. The van der Waals surface area contributed by atoms with Crippen molar-refractivity contribution in [2.75, 3.05) is 0 Å². The molecular weight excluding hydrogens is 244 g/mol. The number of imidazole rings is 1. The second-order valence-corrected chi connectivity index (χ2v) is 6.07. The van der Waals surface area contributed by atoms with Gasteiger partial charge in [-0.2, -0.15) is 0 Å². The first-order chi connectivity index (χ1) is 8.66. The highest BCUT2D eigenvalue weighted by Crippen LogP contribution is 2.34. The monoisotopic (exact) mass is 262 g/mol. The number of aryl methyl sites for hydroxylation is 2. The van der Waals surface area contributed by atoms with Gasteiger partial charge in [0.1, 0.15) is 5.82 Å². The van der Waals surface area contributed by atoms with E-state index in [2.05, 4.69) is 29.7 Å². The predicted octanol–water partition coefficient (Wildman–Crippen LogP) is 4.44. The zero-order valence-corrected chi connectivity index (χ0v) is 11.7. The van der Waals surface area contributed by atoms with Crippen LogP contribution in [0.1, 0.15) is 43.0 Å². The molecule has 96 valence electrons. The first-order valence-corrected chi connectivity index (χ1v) is 7.20. The molecule has 0 spiro atoms. The van der Waals surface area contributed by atoms with Crippen LogP contribution >= 0.6 is 11.6 Å². The van der Waals surface area contributed by atoms with Crippen molar-refractivity contribution >= 4 is 22.6 Å². The molecule has 1 saturated carbocycles. The molecule has 3 heteroatoms. The highest BCUT2D eigenvalue weighted by Gasteiger charge is 2.22. The Kier molecular flexibility index (Phi) is 3.06. The lowest BCUT2D eigenvalue weighted by Gasteiger charge is -2.10. The summed E-state index contributed by atoms with van der Waals surface area (Å²) in [4.78, 5) is 4.74. The average Bonchev–Trinajstić information content (AvgIpc) is 3.07. The van der Waals surface area contributed by atoms with Crippen molar-refractivity contribution in [3.63, 3.8) is 0 Å². The summed E-state index contributed by atoms with van der Waals surface area (Å²) in [5, 5.41) is -0.0315. The Morgan fingerprint density at radius 3 is 2.89 bits per heavy atom. The molecule has 18 heavy (non-hydrogen) atoms. The fourth-order valence-corrected chi connectivity index (χ4v) is 2.73. The summed E-state index contributed by atoms with van der Waals surface area (Å²) in [6.45, 7) is 5.17. The van der Waals surface area contributed by atoms with Crippen LogP contribution in [0.25, 0.3) is 11.0 Å². The lowest BCUT2D eigenvalue weighted by atomic mass is 10.2. The lowest BCUT2D eigenvalue weighted by molar-refractivity contribution is 0.585. The highest BCUT2D eigenvalue weighted by molar-refractivity contribution is 6.20. The van der Waals surface area contributed by atoms with E-state index in [9.17, 15) is 0 Å². The van der Waals surface area contributed by atoms with E-state index in [1.807, 2.05) is 6.92 Å². The Morgan fingerprint density at radius 1 is 1.44 bits per heavy atom. The SMILES string of the molecule is Cc1cccc2c1nc(C(C)Cl)n2CCC1CC1. The van der Waals surface area contributed by atoms with Gasteiger partial charge in [0.05, 0.1) is 16.4 Å². The molecular formula is C15H19ClN2. The molecule has 1 unspecified atom stereocenters. The van der Waals surface area contributed by atoms with Crippen molar-refractivity contribution < 1.29 is 0 Å². The molecule has 1 aromatic carbocycles. The van der Waals surface area contributed by atoms with Gasteiger partial charge >= 0.3 is 0 Å². The number of fused-ring (bicyclic) bond motifs is 1. The summed E-state index contributed by atoms with van der Waals surface area (Å²) >= 11 is 6.28. The number of hydrogen-bond acceptors (Lipinski definition) is 1. The van der Waals surface area contributed by atoms with Gasteiger partial charge in [-0.3, -0.25) is 0 Å². The minimum absolute atomic E-state index is 0.0315. The van der Waals surface area contributed by atoms with Crippen molar-refractivity contribution in [1.82, 2.24) is 9.55 Å². The third kappa shape index (κ3) is 2.14. The van der Waals surface area contributed by atoms with E-state index in [4.69, 9.17) is 16.6 Å². The molecule has 3 rings (SSSR count). The summed E-state index contributed by atoms with van der Waals surface area (Å²) in [6.07, 6.45) is 4.06. The fraction of sp³-hybridized carbons (Fsp3) is 0.533. The van der Waals surface area contributed by atoms with Gasteiger partial charge in [-0.05, 0) is 37.8 Å². The van der Waals surface area contributed by atoms with E-state index >= 15 is 0 Å². The van der Waals surface area contributed by atoms with Gasteiger partial charge in [0.2, 0.25) is 0 Å². The van der Waals surface area contributed by atoms with Crippen LogP contribution in [0, 0.1) is 12.8 Å². The van der Waals surface area contributed by atoms with Gasteiger partial charge in [0.15, 0.2) is 0 Å². The topological polar surface area (TPSA) is 17.8 Å². The molecule has 0 radical (unpaired) electrons. The van der Waals surface area contributed by atoms with Crippen LogP contribution in [0.4, 0.5) is 0 Å². The normalized spacial score (nSPS) is 17.3. The highest BCUT2D eigenvalue weighted by atomic mass is 35.5. The van der Waals surface area contributed by atoms with Crippen molar-refractivity contribution in [2.45, 2.75) is 45.0 Å². The largest absolute Gasteiger partial charge is 0.327 e. The molecule has 0 aliphatic heterocycles. The third-order valence-corrected chi connectivity index (χ3v) is 4.02. The number of para-hydroxylation sites is 1. The zero-order valence-electron chi connectivity index (χ0n) is 11.0. The zero-order chi connectivity index (χ0) is 12.7. The van der Waals surface area contributed by atoms with Crippen LogP contribution in [0.15, 0.2) is 18.2 Å². The molecule has 0 bridgehead atoms. The average molecular weight is 263 g/mol. The van der Waals surface area contributed by atoms with E-state index < -0.39 is 0 Å². The summed E-state index contributed by atoms with van der Waals surface area (Å²) in [7, 11) is 0. The molecule has 1 heterocycles. The van der Waals surface area contributed by atoms with E-state index in [-0.39, 0.29) is 5.38 Å². The van der Waals surface area contributed by atoms with E-state index in [1.54, 1.807) is 0 Å². The number of alkyl halides is 1. The molecule has 2 aromatic rings. The van der Waals surface area contributed by atoms with Gasteiger partial charge in [0.25, 0.3) is 0 Å². The minimum atomic E-state index is -0.0315. The quantitative estimate of drug-likeness (QED) is 0.745. The van der Waals surface area contributed by atoms with Crippen molar-refractivity contribution in [2.24, 2.45) is 5.92 Å². The Balaban J connectivity index is 2.05. The summed E-state index contributed by atoms with van der Waals surface area (Å²) in [6, 6.07) is 6.38. The molecule has 0 N–H and O–H groups in total. The minimum Gasteiger partial charge on any atom is -0.327 e. The van der Waals surface area contributed by atoms with Crippen molar-refractivity contribution in [3.8, 4) is 0 Å². The second-order valence-electron chi connectivity index (χ2n) is 5.41. The number of nitrogens with zero attached hydrogens (tertiary/aromatic N) is 2. The molecule has 1 atom stereocenters. The maximum absolute atomic E-state index is 6.28. The van der Waals surface area contributed by atoms with Crippen LogP contribution in [0.5, 0.6) is 0 Å². The number of aromatic nitrogens is 2. The summed E-state index contributed by atoms with van der Waals surface area (Å²) < 4.78 is 2.32. The van der Waals surface area contributed by atoms with Gasteiger partial charge in [-0.25, -0.2) is 4.98 Å². The summed E-state index contributed by atoms with van der Waals surface area (Å²) in [5.74, 6) is 1.95. The second kappa shape index (κ2) is 4.58. The molecule has 0 saturated heterocycles. The molecule has 1 aliphatic rings. The molecule has 0 amide bonds. The van der Waals surface area contributed by atoms with E-state index in [0.29, 0.717) is 0 Å². The first-order valence-electron chi connectivity index (χ1n) is 6.76. The van der Waals surface area contributed by atoms with Gasteiger partial charge in [0, 0.05) is 6.54 Å². The third-order valence-electron chi connectivity index (χ3n) is 3.82. The standard InChI is InChI=1S/C15H19ClN2/c1-10-4-3-5-13-14(10)17-15(11(2)16)18(13)9-8-12-6-7-12/h3-5,11-12H,6-9H2,1-2H3. The van der Waals surface area contributed by atoms with E-state index in [0.717, 1.165) is 23.8 Å². The number of hydrogen-bond donors (Lipinski definition) is 0. The lowest BCUT2D eigenvalue weighted by Crippen LogP contribution is -2.05. The van der Waals surface area contributed by atoms with E-state index in [1.165, 1.54) is 30.3 Å². The Labute approximate surface area is 113 Å². The first kappa shape index (κ1) is 12.0. The molecule has 2 nitrogen and oxygen atoms in total. The van der Waals surface area contributed by atoms with Crippen molar-refractivity contribution in [3.05, 3.63) is 29.6 Å². The predicted molar refractivity (Wildman–Crippen MR) is 76.1 cm³/mol. The number of halogens is 1. The molecule has 1 aliphatic carbocycles. The van der Waals surface area contributed by atoms with Gasteiger partial charge < -0.3 is 4.57 Å². The molecule has 1 aromatic heterocycles. The van der Waals surface area contributed by atoms with Crippen LogP contribution in [-0.4, -0.2) is 9.55 Å².